The normalized spacial score (nSPS) is 10.9. The smallest absolute Gasteiger partial charge is 0.359 e. The Morgan fingerprint density at radius 1 is 1.29 bits per heavy atom. The van der Waals surface area contributed by atoms with Crippen LogP contribution >= 0.6 is 0 Å². The topological polar surface area (TPSA) is 78.0 Å². The Labute approximate surface area is 96.7 Å². The molecule has 84 valence electrons. The van der Waals surface area contributed by atoms with Crippen molar-refractivity contribution in [2.24, 2.45) is 0 Å². The van der Waals surface area contributed by atoms with Crippen LogP contribution in [-0.2, 0) is 0 Å². The van der Waals surface area contributed by atoms with E-state index < -0.39 is 0 Å². The highest BCUT2D eigenvalue weighted by Crippen LogP contribution is 2.18. The molecule has 0 aliphatic rings. The largest absolute Gasteiger partial charge is 0.478 e. The van der Waals surface area contributed by atoms with Gasteiger partial charge in [0, 0.05) is 0 Å². The molecule has 3 aromatic heterocycles. The van der Waals surface area contributed by atoms with Gasteiger partial charge in [0.15, 0.2) is 11.3 Å². The number of nitrogen functional groups attached to an aromatic ring is 1. The Balaban J connectivity index is 2.59. The minimum atomic E-state index is 0.339. The fourth-order valence-corrected chi connectivity index (χ4v) is 1.78. The van der Waals surface area contributed by atoms with E-state index in [1.807, 2.05) is 28.8 Å². The molecular weight excluding hydrogens is 218 g/mol. The second kappa shape index (κ2) is 3.51. The zero-order valence-electron chi connectivity index (χ0n) is 9.16. The summed E-state index contributed by atoms with van der Waals surface area (Å²) < 4.78 is 7.12. The zero-order chi connectivity index (χ0) is 11.8. The molecule has 6 heteroatoms. The first-order chi connectivity index (χ1) is 8.31. The molecule has 0 spiro atoms. The average molecular weight is 228 g/mol. The van der Waals surface area contributed by atoms with Crippen molar-refractivity contribution in [2.45, 2.75) is 0 Å². The number of rotatable bonds is 1. The fourth-order valence-electron chi connectivity index (χ4n) is 1.78. The van der Waals surface area contributed by atoms with Crippen molar-refractivity contribution in [1.29, 1.82) is 0 Å². The molecule has 0 aliphatic heterocycles. The van der Waals surface area contributed by atoms with Crippen LogP contribution in [0.4, 0.5) is 5.82 Å². The lowest BCUT2D eigenvalue weighted by atomic mass is 10.3. The molecule has 6 nitrogen and oxygen atoms in total. The minimum Gasteiger partial charge on any atom is -0.478 e. The van der Waals surface area contributed by atoms with Crippen LogP contribution in [0.1, 0.15) is 0 Å². The van der Waals surface area contributed by atoms with Gasteiger partial charge in [-0.15, -0.1) is 0 Å². The monoisotopic (exact) mass is 228 g/mol. The molecule has 3 rings (SSSR count). The van der Waals surface area contributed by atoms with E-state index in [0.29, 0.717) is 22.9 Å². The summed E-state index contributed by atoms with van der Waals surface area (Å²) in [6.07, 6.45) is 3.31. The van der Waals surface area contributed by atoms with E-state index in [1.165, 1.54) is 6.33 Å². The number of fused-ring (bicyclic) bond motifs is 3. The van der Waals surface area contributed by atoms with Gasteiger partial charge in [-0.05, 0) is 17.1 Å². The van der Waals surface area contributed by atoms with Crippen molar-refractivity contribution >= 4 is 22.5 Å². The quantitative estimate of drug-likeness (QED) is 0.480. The number of hydrogen-bond acceptors (Lipinski definition) is 5. The first-order valence-electron chi connectivity index (χ1n) is 5.06. The number of aromatic nitrogens is 4. The summed E-state index contributed by atoms with van der Waals surface area (Å²) in [6.45, 7) is 0. The van der Waals surface area contributed by atoms with Gasteiger partial charge in [0.25, 0.3) is 5.88 Å². The third-order valence-corrected chi connectivity index (χ3v) is 2.55. The van der Waals surface area contributed by atoms with Crippen molar-refractivity contribution in [3.8, 4) is 5.88 Å². The van der Waals surface area contributed by atoms with Crippen LogP contribution in [-0.4, -0.2) is 22.1 Å². The number of hydrogen-bond donors (Lipinski definition) is 1. The van der Waals surface area contributed by atoms with Crippen molar-refractivity contribution < 1.29 is 9.14 Å². The molecule has 0 fully saturated rings. The summed E-state index contributed by atoms with van der Waals surface area (Å²) in [5.74, 6) is 0.839. The maximum Gasteiger partial charge on any atom is 0.359 e. The summed E-state index contributed by atoms with van der Waals surface area (Å²) in [5, 5.41) is 0. The van der Waals surface area contributed by atoms with E-state index in [4.69, 9.17) is 10.5 Å². The van der Waals surface area contributed by atoms with Gasteiger partial charge in [-0.3, -0.25) is 0 Å². The Kier molecular flexibility index (Phi) is 2.01. The van der Waals surface area contributed by atoms with Crippen molar-refractivity contribution in [2.75, 3.05) is 12.8 Å². The molecule has 0 atom stereocenters. The van der Waals surface area contributed by atoms with Crippen molar-refractivity contribution in [1.82, 2.24) is 15.0 Å². The molecule has 3 heterocycles. The van der Waals surface area contributed by atoms with Crippen molar-refractivity contribution in [3.05, 3.63) is 30.7 Å². The van der Waals surface area contributed by atoms with Gasteiger partial charge in [0.1, 0.15) is 0 Å². The number of pyridine rings is 1. The molecular formula is C11H10N5O+. The summed E-state index contributed by atoms with van der Waals surface area (Å²) >= 11 is 0. The molecule has 0 aliphatic carbocycles. The van der Waals surface area contributed by atoms with Crippen LogP contribution in [0.3, 0.4) is 0 Å². The zero-order valence-corrected chi connectivity index (χ0v) is 9.16. The van der Waals surface area contributed by atoms with E-state index in [0.717, 1.165) is 5.52 Å². The number of methoxy groups -OCH3 is 1. The van der Waals surface area contributed by atoms with E-state index in [9.17, 15) is 0 Å². The van der Waals surface area contributed by atoms with Crippen LogP contribution in [0, 0.1) is 0 Å². The minimum absolute atomic E-state index is 0.339. The predicted molar refractivity (Wildman–Crippen MR) is 61.5 cm³/mol. The second-order valence-corrected chi connectivity index (χ2v) is 3.51. The van der Waals surface area contributed by atoms with Crippen LogP contribution in [0.25, 0.3) is 16.7 Å². The average Bonchev–Trinajstić information content (AvgIpc) is 2.38. The number of ether oxygens (including phenoxy) is 1. The maximum atomic E-state index is 5.79. The van der Waals surface area contributed by atoms with Crippen molar-refractivity contribution in [3.63, 3.8) is 0 Å². The Bertz CT molecular complexity index is 713. The van der Waals surface area contributed by atoms with Gasteiger partial charge < -0.3 is 10.5 Å². The van der Waals surface area contributed by atoms with Crippen LogP contribution < -0.4 is 14.9 Å². The molecule has 0 amide bonds. The molecule has 0 radical (unpaired) electrons. The third-order valence-electron chi connectivity index (χ3n) is 2.55. The SMILES string of the molecule is COc1nc2c(N)ncnc2[n+]2ccccc12. The number of nitrogens with zero attached hydrogens (tertiary/aromatic N) is 4. The van der Waals surface area contributed by atoms with E-state index >= 15 is 0 Å². The standard InChI is InChI=1S/C11H9N5O/c1-17-11-7-4-2-3-5-16(7)10-8(15-11)9(12)13-6-14-10/h2-6,12H,1H3/p+1. The fraction of sp³-hybridized carbons (Fsp3) is 0.0909. The Morgan fingerprint density at radius 2 is 2.18 bits per heavy atom. The van der Waals surface area contributed by atoms with Gasteiger partial charge in [0.2, 0.25) is 11.8 Å². The molecule has 3 aromatic rings. The van der Waals surface area contributed by atoms with Gasteiger partial charge >= 0.3 is 5.65 Å². The van der Waals surface area contributed by atoms with Gasteiger partial charge in [-0.2, -0.15) is 14.4 Å². The molecule has 0 saturated carbocycles. The molecule has 0 aromatic carbocycles. The summed E-state index contributed by atoms with van der Waals surface area (Å²) in [4.78, 5) is 12.5. The second-order valence-electron chi connectivity index (χ2n) is 3.51. The van der Waals surface area contributed by atoms with Crippen LogP contribution in [0.2, 0.25) is 0 Å². The highest BCUT2D eigenvalue weighted by atomic mass is 16.5. The lowest BCUT2D eigenvalue weighted by Crippen LogP contribution is -2.25. The first kappa shape index (κ1) is 9.71. The number of nitrogens with two attached hydrogens (primary N) is 1. The predicted octanol–water partition coefficient (Wildman–Crippen LogP) is 0.354. The van der Waals surface area contributed by atoms with E-state index in [1.54, 1.807) is 7.11 Å². The van der Waals surface area contributed by atoms with Crippen LogP contribution in [0.15, 0.2) is 30.7 Å². The molecule has 0 unspecified atom stereocenters. The molecule has 0 saturated heterocycles. The highest BCUT2D eigenvalue weighted by molar-refractivity contribution is 5.80. The summed E-state index contributed by atoms with van der Waals surface area (Å²) in [5.41, 5.74) is 7.82. The van der Waals surface area contributed by atoms with Crippen LogP contribution in [0.5, 0.6) is 5.88 Å². The Hall–Kier alpha value is -2.50. The van der Waals surface area contributed by atoms with Gasteiger partial charge in [0.05, 0.1) is 13.3 Å². The summed E-state index contributed by atoms with van der Waals surface area (Å²) in [7, 11) is 1.57. The lowest BCUT2D eigenvalue weighted by molar-refractivity contribution is -0.485. The molecule has 17 heavy (non-hydrogen) atoms. The Morgan fingerprint density at radius 3 is 3.00 bits per heavy atom. The maximum absolute atomic E-state index is 5.79. The third kappa shape index (κ3) is 1.34. The van der Waals surface area contributed by atoms with Gasteiger partial charge in [-0.1, -0.05) is 6.07 Å². The van der Waals surface area contributed by atoms with E-state index in [-0.39, 0.29) is 0 Å². The first-order valence-corrected chi connectivity index (χ1v) is 5.06. The lowest BCUT2D eigenvalue weighted by Gasteiger charge is -2.03. The molecule has 2 N–H and O–H groups in total. The highest BCUT2D eigenvalue weighted by Gasteiger charge is 2.18. The van der Waals surface area contributed by atoms with E-state index in [2.05, 4.69) is 15.0 Å². The number of anilines is 1. The summed E-state index contributed by atoms with van der Waals surface area (Å²) in [6, 6.07) is 5.73. The van der Waals surface area contributed by atoms with Gasteiger partial charge in [-0.25, -0.2) is 0 Å². The molecule has 0 bridgehead atoms.